The van der Waals surface area contributed by atoms with Gasteiger partial charge in [0.15, 0.2) is 6.61 Å². The number of ether oxygens (including phenoxy) is 1. The molecule has 130 valence electrons. The number of carbonyl (C=O) groups excluding carboxylic acids is 2. The second-order valence-corrected chi connectivity index (χ2v) is 6.01. The summed E-state index contributed by atoms with van der Waals surface area (Å²) in [5.41, 5.74) is 2.66. The molecule has 5 heteroatoms. The molecule has 2 amide bonds. The van der Waals surface area contributed by atoms with Crippen molar-refractivity contribution in [2.75, 3.05) is 23.4 Å². The average molecular weight is 338 g/mol. The van der Waals surface area contributed by atoms with Gasteiger partial charge in [0.2, 0.25) is 5.91 Å². The lowest BCUT2D eigenvalue weighted by atomic mass is 10.1. The predicted octanol–water partition coefficient (Wildman–Crippen LogP) is 3.39. The molecule has 0 aromatic heterocycles. The molecule has 1 aliphatic heterocycles. The van der Waals surface area contributed by atoms with Crippen LogP contribution in [0.25, 0.3) is 0 Å². The lowest BCUT2D eigenvalue weighted by Crippen LogP contribution is -2.39. The van der Waals surface area contributed by atoms with Crippen molar-refractivity contribution in [1.82, 2.24) is 0 Å². The normalized spacial score (nSPS) is 13.2. The summed E-state index contributed by atoms with van der Waals surface area (Å²) in [5, 5.41) is 2.83. The Balaban J connectivity index is 1.72. The summed E-state index contributed by atoms with van der Waals surface area (Å²) in [7, 11) is 0. The van der Waals surface area contributed by atoms with E-state index in [0.29, 0.717) is 24.4 Å². The lowest BCUT2D eigenvalue weighted by Gasteiger charge is -2.30. The highest BCUT2D eigenvalue weighted by molar-refractivity contribution is 5.99. The van der Waals surface area contributed by atoms with Crippen LogP contribution < -0.4 is 15.0 Å². The Hall–Kier alpha value is -2.82. The average Bonchev–Trinajstić information content (AvgIpc) is 2.64. The molecule has 1 N–H and O–H groups in total. The van der Waals surface area contributed by atoms with Crippen LogP contribution in [0.1, 0.15) is 25.3 Å². The minimum absolute atomic E-state index is 0.0546. The molecule has 0 bridgehead atoms. The van der Waals surface area contributed by atoms with Gasteiger partial charge in [0.05, 0.1) is 5.69 Å². The number of hydrogen-bond acceptors (Lipinski definition) is 3. The Morgan fingerprint density at radius 3 is 2.76 bits per heavy atom. The van der Waals surface area contributed by atoms with Crippen molar-refractivity contribution in [3.05, 3.63) is 54.1 Å². The first-order valence-corrected chi connectivity index (χ1v) is 8.58. The van der Waals surface area contributed by atoms with E-state index in [1.54, 1.807) is 24.0 Å². The molecule has 2 aromatic carbocycles. The summed E-state index contributed by atoms with van der Waals surface area (Å²) in [4.78, 5) is 25.7. The van der Waals surface area contributed by atoms with Crippen molar-refractivity contribution in [2.45, 2.75) is 26.2 Å². The predicted molar refractivity (Wildman–Crippen MR) is 98.0 cm³/mol. The van der Waals surface area contributed by atoms with Gasteiger partial charge in [-0.05, 0) is 36.6 Å². The zero-order chi connectivity index (χ0) is 17.6. The maximum atomic E-state index is 12.3. The highest BCUT2D eigenvalue weighted by atomic mass is 16.5. The second kappa shape index (κ2) is 7.83. The maximum absolute atomic E-state index is 12.3. The van der Waals surface area contributed by atoms with Crippen LogP contribution in [-0.2, 0) is 16.0 Å². The van der Waals surface area contributed by atoms with Crippen molar-refractivity contribution in [1.29, 1.82) is 0 Å². The molecule has 5 nitrogen and oxygen atoms in total. The molecule has 25 heavy (non-hydrogen) atoms. The van der Waals surface area contributed by atoms with Crippen LogP contribution in [0, 0.1) is 0 Å². The van der Waals surface area contributed by atoms with Crippen molar-refractivity contribution in [3.63, 3.8) is 0 Å². The summed E-state index contributed by atoms with van der Waals surface area (Å²) in [6.07, 6.45) is 2.18. The van der Waals surface area contributed by atoms with Crippen LogP contribution in [0.5, 0.6) is 5.75 Å². The number of benzene rings is 2. The van der Waals surface area contributed by atoms with E-state index in [9.17, 15) is 9.59 Å². The van der Waals surface area contributed by atoms with Crippen molar-refractivity contribution in [2.24, 2.45) is 0 Å². The summed E-state index contributed by atoms with van der Waals surface area (Å²) < 4.78 is 5.51. The number of aryl methyl sites for hydroxylation is 1. The molecule has 0 saturated carbocycles. The van der Waals surface area contributed by atoms with E-state index in [2.05, 4.69) is 17.4 Å². The van der Waals surface area contributed by atoms with E-state index in [-0.39, 0.29) is 18.4 Å². The molecule has 0 radical (unpaired) electrons. The number of amides is 2. The van der Waals surface area contributed by atoms with E-state index in [1.807, 2.05) is 24.3 Å². The fourth-order valence-corrected chi connectivity index (χ4v) is 2.86. The van der Waals surface area contributed by atoms with Crippen LogP contribution >= 0.6 is 0 Å². The van der Waals surface area contributed by atoms with Crippen LogP contribution in [-0.4, -0.2) is 25.0 Å². The first kappa shape index (κ1) is 17.0. The largest absolute Gasteiger partial charge is 0.482 e. The third-order valence-corrected chi connectivity index (χ3v) is 4.20. The number of nitrogens with one attached hydrogen (secondary N) is 1. The van der Waals surface area contributed by atoms with Crippen molar-refractivity contribution in [3.8, 4) is 5.75 Å². The fraction of sp³-hybridized carbons (Fsp3) is 0.300. The number of fused-ring (bicyclic) bond motifs is 1. The van der Waals surface area contributed by atoms with E-state index >= 15 is 0 Å². The highest BCUT2D eigenvalue weighted by Crippen LogP contribution is 2.34. The molecule has 3 rings (SSSR count). The van der Waals surface area contributed by atoms with Gasteiger partial charge in [0, 0.05) is 18.7 Å². The first-order valence-electron chi connectivity index (χ1n) is 8.58. The summed E-state index contributed by atoms with van der Waals surface area (Å²) in [6, 6.07) is 15.6. The molecule has 1 heterocycles. The van der Waals surface area contributed by atoms with E-state index in [0.717, 1.165) is 18.5 Å². The van der Waals surface area contributed by atoms with Crippen molar-refractivity contribution < 1.29 is 14.3 Å². The van der Waals surface area contributed by atoms with Crippen molar-refractivity contribution >= 4 is 23.2 Å². The van der Waals surface area contributed by atoms with Gasteiger partial charge in [-0.2, -0.15) is 0 Å². The lowest BCUT2D eigenvalue weighted by molar-refractivity contribution is -0.121. The molecule has 1 aliphatic rings. The van der Waals surface area contributed by atoms with Crippen LogP contribution in [0.4, 0.5) is 11.4 Å². The first-order chi connectivity index (χ1) is 12.2. The van der Waals surface area contributed by atoms with E-state index < -0.39 is 0 Å². The quantitative estimate of drug-likeness (QED) is 0.878. The summed E-state index contributed by atoms with van der Waals surface area (Å²) in [5.74, 6) is 0.562. The molecular weight excluding hydrogens is 316 g/mol. The SMILES string of the molecule is CCC(=O)Nc1ccc2c(c1)N(CCCc1ccccc1)C(=O)CO2. The Kier molecular flexibility index (Phi) is 5.33. The van der Waals surface area contributed by atoms with Gasteiger partial charge in [-0.15, -0.1) is 0 Å². The van der Waals surface area contributed by atoms with Gasteiger partial charge in [0.25, 0.3) is 5.91 Å². The Labute approximate surface area is 147 Å². The maximum Gasteiger partial charge on any atom is 0.265 e. The van der Waals surface area contributed by atoms with E-state index in [4.69, 9.17) is 4.74 Å². The minimum Gasteiger partial charge on any atom is -0.482 e. The number of carbonyl (C=O) groups is 2. The molecule has 0 aliphatic carbocycles. The molecule has 0 unspecified atom stereocenters. The zero-order valence-electron chi connectivity index (χ0n) is 14.3. The molecule has 0 fully saturated rings. The smallest absolute Gasteiger partial charge is 0.265 e. The van der Waals surface area contributed by atoms with Gasteiger partial charge in [-0.1, -0.05) is 37.3 Å². The van der Waals surface area contributed by atoms with Crippen LogP contribution in [0.15, 0.2) is 48.5 Å². The number of anilines is 2. The molecule has 0 atom stereocenters. The van der Waals surface area contributed by atoms with Crippen LogP contribution in [0.3, 0.4) is 0 Å². The third-order valence-electron chi connectivity index (χ3n) is 4.20. The second-order valence-electron chi connectivity index (χ2n) is 6.01. The van der Waals surface area contributed by atoms with Gasteiger partial charge in [0.1, 0.15) is 5.75 Å². The number of nitrogens with zero attached hydrogens (tertiary/aromatic N) is 1. The Morgan fingerprint density at radius 1 is 1.20 bits per heavy atom. The molecular formula is C20H22N2O3. The summed E-state index contributed by atoms with van der Waals surface area (Å²) in [6.45, 7) is 2.48. The monoisotopic (exact) mass is 338 g/mol. The van der Waals surface area contributed by atoms with Gasteiger partial charge >= 0.3 is 0 Å². The Bertz CT molecular complexity index is 759. The third kappa shape index (κ3) is 4.18. The standard InChI is InChI=1S/C20H22N2O3/c1-2-19(23)21-16-10-11-18-17(13-16)22(20(24)14-25-18)12-6-9-15-7-4-3-5-8-15/h3-5,7-8,10-11,13H,2,6,9,12,14H2,1H3,(H,21,23). The van der Waals surface area contributed by atoms with Crippen LogP contribution in [0.2, 0.25) is 0 Å². The molecule has 2 aromatic rings. The molecule has 0 spiro atoms. The molecule has 0 saturated heterocycles. The zero-order valence-corrected chi connectivity index (χ0v) is 14.3. The topological polar surface area (TPSA) is 58.6 Å². The summed E-state index contributed by atoms with van der Waals surface area (Å²) >= 11 is 0. The minimum atomic E-state index is -0.0568. The van der Waals surface area contributed by atoms with Gasteiger partial charge in [-0.3, -0.25) is 9.59 Å². The van der Waals surface area contributed by atoms with Gasteiger partial charge in [-0.25, -0.2) is 0 Å². The Morgan fingerprint density at radius 2 is 2.00 bits per heavy atom. The fourth-order valence-electron chi connectivity index (χ4n) is 2.86. The number of hydrogen-bond donors (Lipinski definition) is 1. The van der Waals surface area contributed by atoms with E-state index in [1.165, 1.54) is 5.56 Å². The number of rotatable bonds is 6. The highest BCUT2D eigenvalue weighted by Gasteiger charge is 2.25. The van der Waals surface area contributed by atoms with Gasteiger partial charge < -0.3 is 15.0 Å².